The molecule has 0 aliphatic carbocycles. The van der Waals surface area contributed by atoms with Gasteiger partial charge in [0, 0.05) is 17.9 Å². The number of ether oxygens (including phenoxy) is 2. The van der Waals surface area contributed by atoms with E-state index in [1.165, 1.54) is 0 Å². The molecule has 1 aliphatic rings. The highest BCUT2D eigenvalue weighted by Gasteiger charge is 2.16. The van der Waals surface area contributed by atoms with Crippen molar-refractivity contribution in [2.45, 2.75) is 25.9 Å². The van der Waals surface area contributed by atoms with Crippen molar-refractivity contribution in [1.29, 1.82) is 0 Å². The number of rotatable bonds is 5. The van der Waals surface area contributed by atoms with Gasteiger partial charge >= 0.3 is 0 Å². The topological polar surface area (TPSA) is 47.6 Å². The second kappa shape index (κ2) is 7.29. The molecule has 4 nitrogen and oxygen atoms in total. The molecular weight excluding hydrogens is 290 g/mol. The first-order valence-electron chi connectivity index (χ1n) is 7.94. The highest BCUT2D eigenvalue weighted by molar-refractivity contribution is 6.05. The minimum atomic E-state index is -0.101. The van der Waals surface area contributed by atoms with Crippen LogP contribution in [0.5, 0.6) is 5.75 Å². The lowest BCUT2D eigenvalue weighted by Crippen LogP contribution is -2.16. The first kappa shape index (κ1) is 15.6. The third-order valence-electron chi connectivity index (χ3n) is 3.96. The Kier molecular flexibility index (Phi) is 4.93. The number of hydrogen-bond donors (Lipinski definition) is 1. The minimum Gasteiger partial charge on any atom is -0.491 e. The molecule has 4 heteroatoms. The van der Waals surface area contributed by atoms with Gasteiger partial charge in [0.25, 0.3) is 5.91 Å². The fraction of sp³-hybridized carbons (Fsp3) is 0.316. The van der Waals surface area contributed by atoms with E-state index in [4.69, 9.17) is 9.47 Å². The molecule has 2 aromatic carbocycles. The molecule has 1 atom stereocenters. The molecule has 120 valence electrons. The van der Waals surface area contributed by atoms with Gasteiger partial charge in [-0.2, -0.15) is 0 Å². The Morgan fingerprint density at radius 1 is 1.22 bits per heavy atom. The number of carbonyl (C=O) groups excluding carboxylic acids is 1. The van der Waals surface area contributed by atoms with E-state index in [-0.39, 0.29) is 12.0 Å². The van der Waals surface area contributed by atoms with Gasteiger partial charge < -0.3 is 14.8 Å². The highest BCUT2D eigenvalue weighted by atomic mass is 16.5. The molecule has 0 saturated carbocycles. The molecule has 1 saturated heterocycles. The molecular formula is C19H21NO3. The molecule has 23 heavy (non-hydrogen) atoms. The van der Waals surface area contributed by atoms with Crippen LogP contribution in [-0.2, 0) is 4.74 Å². The van der Waals surface area contributed by atoms with Crippen LogP contribution in [0.4, 0.5) is 5.69 Å². The van der Waals surface area contributed by atoms with Crippen LogP contribution < -0.4 is 10.1 Å². The molecule has 1 N–H and O–H groups in total. The number of aryl methyl sites for hydroxylation is 1. The van der Waals surface area contributed by atoms with E-state index in [2.05, 4.69) is 5.32 Å². The van der Waals surface area contributed by atoms with Gasteiger partial charge in [-0.05, 0) is 55.7 Å². The van der Waals surface area contributed by atoms with Crippen molar-refractivity contribution in [2.24, 2.45) is 0 Å². The molecule has 0 bridgehead atoms. The van der Waals surface area contributed by atoms with Crippen molar-refractivity contribution >= 4 is 11.6 Å². The van der Waals surface area contributed by atoms with E-state index in [0.717, 1.165) is 36.4 Å². The maximum atomic E-state index is 12.3. The second-order valence-corrected chi connectivity index (χ2v) is 5.74. The van der Waals surface area contributed by atoms with E-state index < -0.39 is 0 Å². The Morgan fingerprint density at radius 3 is 2.70 bits per heavy atom. The summed E-state index contributed by atoms with van der Waals surface area (Å²) in [4.78, 5) is 12.3. The van der Waals surface area contributed by atoms with Crippen LogP contribution in [0.2, 0.25) is 0 Å². The van der Waals surface area contributed by atoms with Crippen molar-refractivity contribution < 1.29 is 14.3 Å². The molecule has 1 aliphatic heterocycles. The summed E-state index contributed by atoms with van der Waals surface area (Å²) in [6, 6.07) is 15.0. The van der Waals surface area contributed by atoms with E-state index in [1.54, 1.807) is 0 Å². The van der Waals surface area contributed by atoms with Gasteiger partial charge in [-0.1, -0.05) is 18.2 Å². The first-order valence-corrected chi connectivity index (χ1v) is 7.94. The Labute approximate surface area is 136 Å². The smallest absolute Gasteiger partial charge is 0.255 e. The Morgan fingerprint density at radius 2 is 2.00 bits per heavy atom. The minimum absolute atomic E-state index is 0.101. The average molecular weight is 311 g/mol. The average Bonchev–Trinajstić information content (AvgIpc) is 3.08. The lowest BCUT2D eigenvalue weighted by molar-refractivity contribution is 0.0679. The summed E-state index contributed by atoms with van der Waals surface area (Å²) in [5.74, 6) is 0.686. The van der Waals surface area contributed by atoms with E-state index in [1.807, 2.05) is 55.5 Å². The van der Waals surface area contributed by atoms with Gasteiger partial charge in [0.15, 0.2) is 0 Å². The monoisotopic (exact) mass is 311 g/mol. The number of nitrogens with one attached hydrogen (secondary N) is 1. The number of amides is 1. The Hall–Kier alpha value is -2.33. The molecule has 0 aromatic heterocycles. The van der Waals surface area contributed by atoms with Crippen molar-refractivity contribution in [2.75, 3.05) is 18.5 Å². The summed E-state index contributed by atoms with van der Waals surface area (Å²) in [6.07, 6.45) is 2.37. The quantitative estimate of drug-likeness (QED) is 0.913. The fourth-order valence-corrected chi connectivity index (χ4v) is 2.63. The van der Waals surface area contributed by atoms with E-state index in [9.17, 15) is 4.79 Å². The summed E-state index contributed by atoms with van der Waals surface area (Å²) in [5.41, 5.74) is 2.40. The summed E-state index contributed by atoms with van der Waals surface area (Å²) in [6.45, 7) is 3.34. The van der Waals surface area contributed by atoms with Gasteiger partial charge in [-0.25, -0.2) is 0 Å². The predicted molar refractivity (Wildman–Crippen MR) is 90.0 cm³/mol. The van der Waals surface area contributed by atoms with Crippen molar-refractivity contribution in [3.8, 4) is 5.75 Å². The lowest BCUT2D eigenvalue weighted by Gasteiger charge is -2.12. The fourth-order valence-electron chi connectivity index (χ4n) is 2.63. The van der Waals surface area contributed by atoms with Crippen molar-refractivity contribution in [1.82, 2.24) is 0 Å². The van der Waals surface area contributed by atoms with Crippen LogP contribution in [0.25, 0.3) is 0 Å². The Balaban J connectivity index is 1.56. The zero-order chi connectivity index (χ0) is 16.1. The predicted octanol–water partition coefficient (Wildman–Crippen LogP) is 3.81. The molecule has 0 radical (unpaired) electrons. The molecule has 3 rings (SSSR count). The van der Waals surface area contributed by atoms with Crippen molar-refractivity contribution in [3.63, 3.8) is 0 Å². The summed E-state index contributed by atoms with van der Waals surface area (Å²) in [7, 11) is 0. The zero-order valence-corrected chi connectivity index (χ0v) is 13.2. The van der Waals surface area contributed by atoms with Crippen LogP contribution in [0.3, 0.4) is 0 Å². The number of anilines is 1. The molecule has 2 aromatic rings. The zero-order valence-electron chi connectivity index (χ0n) is 13.2. The van der Waals surface area contributed by atoms with Gasteiger partial charge in [-0.3, -0.25) is 4.79 Å². The van der Waals surface area contributed by atoms with Crippen LogP contribution >= 0.6 is 0 Å². The first-order chi connectivity index (χ1) is 11.2. The van der Waals surface area contributed by atoms with Gasteiger partial charge in [0.05, 0.1) is 6.10 Å². The highest BCUT2D eigenvalue weighted by Crippen LogP contribution is 2.19. The third-order valence-corrected chi connectivity index (χ3v) is 3.96. The van der Waals surface area contributed by atoms with Crippen LogP contribution in [-0.4, -0.2) is 25.2 Å². The van der Waals surface area contributed by atoms with Gasteiger partial charge in [0.2, 0.25) is 0 Å². The summed E-state index contributed by atoms with van der Waals surface area (Å²) in [5, 5.41) is 2.90. The molecule has 1 amide bonds. The maximum absolute atomic E-state index is 12.3. The largest absolute Gasteiger partial charge is 0.491 e. The Bertz CT molecular complexity index is 661. The van der Waals surface area contributed by atoms with E-state index >= 15 is 0 Å². The van der Waals surface area contributed by atoms with E-state index in [0.29, 0.717) is 12.2 Å². The lowest BCUT2D eigenvalue weighted by atomic mass is 10.1. The molecule has 1 unspecified atom stereocenters. The third kappa shape index (κ3) is 4.11. The normalized spacial score (nSPS) is 17.0. The SMILES string of the molecule is Cc1ccccc1C(=O)Nc1ccc(OCC2CCCO2)cc1. The molecule has 1 heterocycles. The van der Waals surface area contributed by atoms with Crippen LogP contribution in [0, 0.1) is 6.92 Å². The number of hydrogen-bond acceptors (Lipinski definition) is 3. The summed E-state index contributed by atoms with van der Waals surface area (Å²) >= 11 is 0. The molecule has 1 fully saturated rings. The number of benzene rings is 2. The van der Waals surface area contributed by atoms with Crippen LogP contribution in [0.1, 0.15) is 28.8 Å². The van der Waals surface area contributed by atoms with Crippen LogP contribution in [0.15, 0.2) is 48.5 Å². The van der Waals surface area contributed by atoms with Gasteiger partial charge in [-0.15, -0.1) is 0 Å². The summed E-state index contributed by atoms with van der Waals surface area (Å²) < 4.78 is 11.2. The van der Waals surface area contributed by atoms with Gasteiger partial charge in [0.1, 0.15) is 12.4 Å². The maximum Gasteiger partial charge on any atom is 0.255 e. The second-order valence-electron chi connectivity index (χ2n) is 5.74. The standard InChI is InChI=1S/C19H21NO3/c1-14-5-2-3-7-18(14)19(21)20-15-8-10-16(11-9-15)23-13-17-6-4-12-22-17/h2-3,5,7-11,17H,4,6,12-13H2,1H3,(H,20,21). The molecule has 0 spiro atoms. The van der Waals surface area contributed by atoms with Crippen molar-refractivity contribution in [3.05, 3.63) is 59.7 Å². The number of carbonyl (C=O) groups is 1.